The molecule has 0 spiro atoms. The molecule has 208 valence electrons. The predicted molar refractivity (Wildman–Crippen MR) is 156 cm³/mol. The molecule has 0 saturated carbocycles. The molecular formula is C30H31N3O6S. The van der Waals surface area contributed by atoms with E-state index in [1.807, 2.05) is 24.3 Å². The van der Waals surface area contributed by atoms with E-state index in [0.717, 1.165) is 11.3 Å². The Hall–Kier alpha value is -4.44. The van der Waals surface area contributed by atoms with Crippen molar-refractivity contribution in [2.45, 2.75) is 25.8 Å². The molecule has 4 rings (SSSR count). The van der Waals surface area contributed by atoms with Crippen molar-refractivity contribution < 1.29 is 28.6 Å². The lowest BCUT2D eigenvalue weighted by molar-refractivity contribution is -0.124. The summed E-state index contributed by atoms with van der Waals surface area (Å²) in [5, 5.41) is 3.15. The van der Waals surface area contributed by atoms with E-state index in [0.29, 0.717) is 40.8 Å². The number of hydrogen-bond donors (Lipinski definition) is 1. The highest BCUT2D eigenvalue weighted by Crippen LogP contribution is 2.29. The average molecular weight is 562 g/mol. The van der Waals surface area contributed by atoms with Crippen LogP contribution in [-0.4, -0.2) is 61.2 Å². The maximum absolute atomic E-state index is 13.7. The molecule has 1 saturated heterocycles. The molecule has 1 atom stereocenters. The monoisotopic (exact) mass is 561 g/mol. The van der Waals surface area contributed by atoms with Gasteiger partial charge in [0, 0.05) is 12.2 Å². The van der Waals surface area contributed by atoms with Crippen molar-refractivity contribution in [2.75, 3.05) is 37.6 Å². The van der Waals surface area contributed by atoms with Gasteiger partial charge in [-0.2, -0.15) is 0 Å². The second-order valence-corrected chi connectivity index (χ2v) is 9.38. The fourth-order valence-electron chi connectivity index (χ4n) is 4.39. The number of hydrogen-bond acceptors (Lipinski definition) is 7. The van der Waals surface area contributed by atoms with Crippen molar-refractivity contribution in [1.82, 2.24) is 4.90 Å². The fourth-order valence-corrected chi connectivity index (χ4v) is 4.80. The highest BCUT2D eigenvalue weighted by molar-refractivity contribution is 7.80. The van der Waals surface area contributed by atoms with Gasteiger partial charge < -0.3 is 24.4 Å². The third-order valence-electron chi connectivity index (χ3n) is 6.51. The Morgan fingerprint density at radius 1 is 0.900 bits per heavy atom. The van der Waals surface area contributed by atoms with Crippen LogP contribution in [0.2, 0.25) is 0 Å². The van der Waals surface area contributed by atoms with E-state index in [1.54, 1.807) is 74.6 Å². The Morgan fingerprint density at radius 3 is 2.08 bits per heavy atom. The summed E-state index contributed by atoms with van der Waals surface area (Å²) in [4.78, 5) is 41.9. The second kappa shape index (κ2) is 13.1. The van der Waals surface area contributed by atoms with Gasteiger partial charge in [0.2, 0.25) is 5.91 Å². The topological polar surface area (TPSA) is 97.4 Å². The number of rotatable bonds is 11. The molecule has 9 nitrogen and oxygen atoms in total. The van der Waals surface area contributed by atoms with Gasteiger partial charge in [-0.25, -0.2) is 4.79 Å². The van der Waals surface area contributed by atoms with Gasteiger partial charge in [-0.1, -0.05) is 12.1 Å². The Morgan fingerprint density at radius 2 is 1.50 bits per heavy atom. The minimum atomic E-state index is -0.786. The minimum absolute atomic E-state index is 0.103. The van der Waals surface area contributed by atoms with Gasteiger partial charge in [-0.05, 0) is 91.8 Å². The van der Waals surface area contributed by atoms with E-state index in [9.17, 15) is 14.4 Å². The Kier molecular flexibility index (Phi) is 9.34. The Bertz CT molecular complexity index is 1360. The predicted octanol–water partition coefficient (Wildman–Crippen LogP) is 4.45. The molecule has 0 radical (unpaired) electrons. The summed E-state index contributed by atoms with van der Waals surface area (Å²) < 4.78 is 15.5. The molecule has 0 aromatic heterocycles. The van der Waals surface area contributed by atoms with Crippen molar-refractivity contribution in [2.24, 2.45) is 0 Å². The number of methoxy groups -OCH3 is 2. The Balaban J connectivity index is 1.51. The summed E-state index contributed by atoms with van der Waals surface area (Å²) in [5.74, 6) is 0.346. The first-order valence-corrected chi connectivity index (χ1v) is 13.2. The highest BCUT2D eigenvalue weighted by Gasteiger charge is 2.43. The van der Waals surface area contributed by atoms with Crippen LogP contribution in [0.4, 0.5) is 11.4 Å². The number of amides is 2. The van der Waals surface area contributed by atoms with Crippen molar-refractivity contribution >= 4 is 46.5 Å². The van der Waals surface area contributed by atoms with Crippen molar-refractivity contribution in [3.05, 3.63) is 83.9 Å². The number of benzene rings is 3. The number of carbonyl (C=O) groups excluding carboxylic acids is 3. The number of anilines is 2. The number of carbonyl (C=O) groups is 3. The van der Waals surface area contributed by atoms with Crippen LogP contribution in [0.1, 0.15) is 29.3 Å². The molecule has 2 amide bonds. The highest BCUT2D eigenvalue weighted by atomic mass is 32.1. The first-order valence-electron chi connectivity index (χ1n) is 12.8. The smallest absolute Gasteiger partial charge is 0.338 e. The molecule has 1 fully saturated rings. The third kappa shape index (κ3) is 6.58. The lowest BCUT2D eigenvalue weighted by Crippen LogP contribution is -2.39. The largest absolute Gasteiger partial charge is 0.497 e. The van der Waals surface area contributed by atoms with Crippen LogP contribution in [0, 0.1) is 0 Å². The zero-order valence-electron chi connectivity index (χ0n) is 22.6. The molecule has 40 heavy (non-hydrogen) atoms. The van der Waals surface area contributed by atoms with Crippen molar-refractivity contribution in [3.63, 3.8) is 0 Å². The minimum Gasteiger partial charge on any atom is -0.497 e. The van der Waals surface area contributed by atoms with E-state index < -0.39 is 12.0 Å². The van der Waals surface area contributed by atoms with E-state index in [1.165, 1.54) is 4.90 Å². The van der Waals surface area contributed by atoms with Gasteiger partial charge in [0.1, 0.15) is 17.5 Å². The van der Waals surface area contributed by atoms with Crippen LogP contribution in [0.3, 0.4) is 0 Å². The van der Waals surface area contributed by atoms with Gasteiger partial charge in [-0.15, -0.1) is 0 Å². The van der Waals surface area contributed by atoms with Gasteiger partial charge in [0.25, 0.3) is 5.91 Å². The lowest BCUT2D eigenvalue weighted by atomic mass is 10.1. The quantitative estimate of drug-likeness (QED) is 0.271. The number of ether oxygens (including phenoxy) is 3. The van der Waals surface area contributed by atoms with Gasteiger partial charge in [0.15, 0.2) is 5.11 Å². The van der Waals surface area contributed by atoms with E-state index in [4.69, 9.17) is 26.4 Å². The first-order chi connectivity index (χ1) is 19.3. The molecule has 3 aromatic rings. The van der Waals surface area contributed by atoms with Crippen LogP contribution in [0.25, 0.3) is 0 Å². The molecule has 10 heteroatoms. The summed E-state index contributed by atoms with van der Waals surface area (Å²) in [6.07, 6.45) is 0.509. The van der Waals surface area contributed by atoms with Crippen LogP contribution in [0.5, 0.6) is 11.5 Å². The third-order valence-corrected chi connectivity index (χ3v) is 6.93. The molecule has 1 aliphatic heterocycles. The number of thiocarbonyl (C=S) groups is 1. The van der Waals surface area contributed by atoms with Gasteiger partial charge in [-0.3, -0.25) is 14.5 Å². The number of nitrogens with zero attached hydrogens (tertiary/aromatic N) is 2. The maximum atomic E-state index is 13.7. The molecule has 1 N–H and O–H groups in total. The fraction of sp³-hybridized carbons (Fsp3) is 0.267. The lowest BCUT2D eigenvalue weighted by Gasteiger charge is -2.24. The summed E-state index contributed by atoms with van der Waals surface area (Å²) in [5.41, 5.74) is 2.53. The zero-order chi connectivity index (χ0) is 28.6. The first kappa shape index (κ1) is 28.6. The molecule has 0 aliphatic carbocycles. The van der Waals surface area contributed by atoms with E-state index in [2.05, 4.69) is 5.32 Å². The van der Waals surface area contributed by atoms with E-state index in [-0.39, 0.29) is 24.8 Å². The summed E-state index contributed by atoms with van der Waals surface area (Å²) >= 11 is 5.76. The maximum Gasteiger partial charge on any atom is 0.338 e. The van der Waals surface area contributed by atoms with Crippen LogP contribution >= 0.6 is 12.2 Å². The molecule has 3 aromatic carbocycles. The second-order valence-electron chi connectivity index (χ2n) is 9.01. The summed E-state index contributed by atoms with van der Waals surface area (Å²) in [6, 6.07) is 20.3. The number of esters is 1. The SMILES string of the molecule is CCOC(=O)c1ccc(NC(=O)CC2C(=O)N(c3ccc(OC)cc3)C(=S)N2CCc2ccc(OC)cc2)cc1. The molecule has 0 bridgehead atoms. The van der Waals surface area contributed by atoms with Crippen LogP contribution in [0.15, 0.2) is 72.8 Å². The van der Waals surface area contributed by atoms with Crippen molar-refractivity contribution in [1.29, 1.82) is 0 Å². The van der Waals surface area contributed by atoms with Crippen LogP contribution < -0.4 is 19.7 Å². The van der Waals surface area contributed by atoms with Crippen molar-refractivity contribution in [3.8, 4) is 11.5 Å². The standard InChI is InChI=1S/C30H31N3O6S/c1-4-39-29(36)21-7-9-22(10-8-21)31-27(34)19-26-28(35)33(23-11-15-25(38-3)16-12-23)30(40)32(26)18-17-20-5-13-24(37-2)14-6-20/h5-16,26H,4,17-19H2,1-3H3,(H,31,34). The molecule has 1 unspecified atom stereocenters. The summed E-state index contributed by atoms with van der Waals surface area (Å²) in [6.45, 7) is 2.45. The molecular weight excluding hydrogens is 530 g/mol. The average Bonchev–Trinajstić information content (AvgIpc) is 3.20. The number of nitrogens with one attached hydrogen (secondary N) is 1. The Labute approximate surface area is 238 Å². The zero-order valence-corrected chi connectivity index (χ0v) is 23.4. The van der Waals surface area contributed by atoms with Crippen LogP contribution in [-0.2, 0) is 20.7 Å². The summed E-state index contributed by atoms with van der Waals surface area (Å²) in [7, 11) is 3.18. The molecule has 1 heterocycles. The normalized spacial score (nSPS) is 14.7. The van der Waals surface area contributed by atoms with Gasteiger partial charge >= 0.3 is 5.97 Å². The van der Waals surface area contributed by atoms with E-state index >= 15 is 0 Å². The molecule has 1 aliphatic rings. The van der Waals surface area contributed by atoms with Gasteiger partial charge in [0.05, 0.1) is 38.5 Å².